The molecule has 1 amide bonds. The molecule has 114 valence electrons. The van der Waals surface area contributed by atoms with Crippen LogP contribution >= 0.6 is 0 Å². The van der Waals surface area contributed by atoms with E-state index in [1.54, 1.807) is 6.20 Å². The standard InChI is InChI=1S/C17H19N3O2/c21-16(20-15-9-17(15)5-7-22-8-6-17)13-3-1-12(2-4-13)14-10-18-19-11-14/h1-4,10-11,15H,5-9H2,(H,18,19)(H,20,21). The van der Waals surface area contributed by atoms with Crippen LogP contribution < -0.4 is 5.32 Å². The number of rotatable bonds is 3. The molecule has 1 aromatic heterocycles. The van der Waals surface area contributed by atoms with E-state index in [9.17, 15) is 4.79 Å². The normalized spacial score (nSPS) is 22.5. The Bertz CT molecular complexity index is 658. The minimum atomic E-state index is 0.0205. The van der Waals surface area contributed by atoms with E-state index in [1.165, 1.54) is 0 Å². The molecule has 2 aromatic rings. The van der Waals surface area contributed by atoms with Gasteiger partial charge in [-0.3, -0.25) is 9.89 Å². The fourth-order valence-corrected chi connectivity index (χ4v) is 3.35. The van der Waals surface area contributed by atoms with Crippen molar-refractivity contribution in [3.05, 3.63) is 42.2 Å². The Labute approximate surface area is 129 Å². The van der Waals surface area contributed by atoms with Gasteiger partial charge < -0.3 is 10.1 Å². The van der Waals surface area contributed by atoms with Gasteiger partial charge in [0.1, 0.15) is 0 Å². The number of carbonyl (C=O) groups excluding carboxylic acids is 1. The van der Waals surface area contributed by atoms with Crippen LogP contribution in [0.25, 0.3) is 11.1 Å². The van der Waals surface area contributed by atoms with Gasteiger partial charge in [0, 0.05) is 36.6 Å². The van der Waals surface area contributed by atoms with E-state index >= 15 is 0 Å². The Morgan fingerprint density at radius 1 is 1.23 bits per heavy atom. The van der Waals surface area contributed by atoms with Crippen molar-refractivity contribution in [3.63, 3.8) is 0 Å². The molecule has 4 rings (SSSR count). The molecule has 1 aromatic carbocycles. The number of hydrogen-bond acceptors (Lipinski definition) is 3. The van der Waals surface area contributed by atoms with Crippen LogP contribution in [0.2, 0.25) is 0 Å². The first-order valence-electron chi connectivity index (χ1n) is 7.75. The van der Waals surface area contributed by atoms with Gasteiger partial charge in [-0.15, -0.1) is 0 Å². The van der Waals surface area contributed by atoms with Gasteiger partial charge in [-0.1, -0.05) is 12.1 Å². The summed E-state index contributed by atoms with van der Waals surface area (Å²) in [7, 11) is 0. The average Bonchev–Trinajstić information content (AvgIpc) is 2.99. The summed E-state index contributed by atoms with van der Waals surface area (Å²) in [5.41, 5.74) is 3.10. The van der Waals surface area contributed by atoms with Gasteiger partial charge in [0.25, 0.3) is 5.91 Å². The zero-order valence-corrected chi connectivity index (χ0v) is 12.3. The molecular formula is C17H19N3O2. The third-order valence-corrected chi connectivity index (χ3v) is 4.96. The van der Waals surface area contributed by atoms with E-state index < -0.39 is 0 Å². The molecule has 1 aliphatic carbocycles. The smallest absolute Gasteiger partial charge is 0.251 e. The lowest BCUT2D eigenvalue weighted by Gasteiger charge is -2.22. The highest BCUT2D eigenvalue weighted by Crippen LogP contribution is 2.53. The number of benzene rings is 1. The van der Waals surface area contributed by atoms with Gasteiger partial charge in [0.15, 0.2) is 0 Å². The van der Waals surface area contributed by atoms with Crippen molar-refractivity contribution in [2.45, 2.75) is 25.3 Å². The molecule has 0 bridgehead atoms. The van der Waals surface area contributed by atoms with Gasteiger partial charge in [-0.25, -0.2) is 0 Å². The minimum absolute atomic E-state index is 0.0205. The number of nitrogens with zero attached hydrogens (tertiary/aromatic N) is 1. The first-order valence-corrected chi connectivity index (χ1v) is 7.75. The maximum absolute atomic E-state index is 12.4. The maximum atomic E-state index is 12.4. The molecule has 1 aliphatic heterocycles. The summed E-state index contributed by atoms with van der Waals surface area (Å²) >= 11 is 0. The molecule has 5 nitrogen and oxygen atoms in total. The third-order valence-electron chi connectivity index (χ3n) is 4.96. The maximum Gasteiger partial charge on any atom is 0.251 e. The summed E-state index contributed by atoms with van der Waals surface area (Å²) in [5, 5.41) is 9.90. The van der Waals surface area contributed by atoms with E-state index in [4.69, 9.17) is 4.74 Å². The quantitative estimate of drug-likeness (QED) is 0.914. The van der Waals surface area contributed by atoms with Crippen molar-refractivity contribution in [1.82, 2.24) is 15.5 Å². The van der Waals surface area contributed by atoms with Crippen molar-refractivity contribution < 1.29 is 9.53 Å². The topological polar surface area (TPSA) is 67.0 Å². The number of nitrogens with one attached hydrogen (secondary N) is 2. The summed E-state index contributed by atoms with van der Waals surface area (Å²) in [6.45, 7) is 1.65. The first-order chi connectivity index (χ1) is 10.8. The van der Waals surface area contributed by atoms with Crippen LogP contribution in [0.15, 0.2) is 36.7 Å². The zero-order chi connectivity index (χ0) is 15.0. The number of ether oxygens (including phenoxy) is 1. The lowest BCUT2D eigenvalue weighted by Crippen LogP contribution is -2.32. The summed E-state index contributed by atoms with van der Waals surface area (Å²) in [6, 6.07) is 7.97. The second kappa shape index (κ2) is 5.25. The fourth-order valence-electron chi connectivity index (χ4n) is 3.35. The van der Waals surface area contributed by atoms with Gasteiger partial charge in [-0.05, 0) is 42.4 Å². The summed E-state index contributed by atoms with van der Waals surface area (Å²) < 4.78 is 5.41. The van der Waals surface area contributed by atoms with Gasteiger partial charge in [0.05, 0.1) is 6.20 Å². The van der Waals surface area contributed by atoms with Crippen molar-refractivity contribution >= 4 is 5.91 Å². The van der Waals surface area contributed by atoms with E-state index in [2.05, 4.69) is 15.5 Å². The van der Waals surface area contributed by atoms with Crippen molar-refractivity contribution in [2.75, 3.05) is 13.2 Å². The number of aromatic amines is 1. The van der Waals surface area contributed by atoms with Crippen molar-refractivity contribution in [3.8, 4) is 11.1 Å². The van der Waals surface area contributed by atoms with Crippen LogP contribution in [-0.4, -0.2) is 35.4 Å². The van der Waals surface area contributed by atoms with E-state index in [1.807, 2.05) is 30.5 Å². The molecule has 2 N–H and O–H groups in total. The second-order valence-corrected chi connectivity index (χ2v) is 6.27. The Morgan fingerprint density at radius 2 is 2.00 bits per heavy atom. The highest BCUT2D eigenvalue weighted by Gasteiger charge is 2.54. The molecule has 1 saturated heterocycles. The average molecular weight is 297 g/mol. The minimum Gasteiger partial charge on any atom is -0.381 e. The van der Waals surface area contributed by atoms with Gasteiger partial charge >= 0.3 is 0 Å². The Morgan fingerprint density at radius 3 is 2.68 bits per heavy atom. The predicted molar refractivity (Wildman–Crippen MR) is 82.4 cm³/mol. The number of aromatic nitrogens is 2. The molecule has 5 heteroatoms. The number of amides is 1. The molecule has 1 saturated carbocycles. The van der Waals surface area contributed by atoms with Crippen LogP contribution in [0.5, 0.6) is 0 Å². The van der Waals surface area contributed by atoms with Crippen molar-refractivity contribution in [1.29, 1.82) is 0 Å². The van der Waals surface area contributed by atoms with E-state index in [0.29, 0.717) is 17.0 Å². The highest BCUT2D eigenvalue weighted by molar-refractivity contribution is 5.95. The van der Waals surface area contributed by atoms with Crippen LogP contribution in [0.1, 0.15) is 29.6 Å². The Kier molecular flexibility index (Phi) is 3.22. The second-order valence-electron chi connectivity index (χ2n) is 6.27. The summed E-state index contributed by atoms with van der Waals surface area (Å²) in [6.07, 6.45) is 6.84. The Hall–Kier alpha value is -2.14. The highest BCUT2D eigenvalue weighted by atomic mass is 16.5. The van der Waals surface area contributed by atoms with E-state index in [-0.39, 0.29) is 5.91 Å². The van der Waals surface area contributed by atoms with Gasteiger partial charge in [0.2, 0.25) is 0 Å². The molecule has 2 heterocycles. The predicted octanol–water partition coefficient (Wildman–Crippen LogP) is 2.38. The molecule has 1 unspecified atom stereocenters. The zero-order valence-electron chi connectivity index (χ0n) is 12.3. The SMILES string of the molecule is O=C(NC1CC12CCOCC2)c1ccc(-c2cn[nH]c2)cc1. The van der Waals surface area contributed by atoms with Crippen molar-refractivity contribution in [2.24, 2.45) is 5.41 Å². The third kappa shape index (κ3) is 2.41. The van der Waals surface area contributed by atoms with Crippen LogP contribution in [0.4, 0.5) is 0 Å². The number of hydrogen-bond donors (Lipinski definition) is 2. The lowest BCUT2D eigenvalue weighted by molar-refractivity contribution is 0.0535. The summed E-state index contributed by atoms with van der Waals surface area (Å²) in [4.78, 5) is 12.4. The lowest BCUT2D eigenvalue weighted by atomic mass is 9.96. The summed E-state index contributed by atoms with van der Waals surface area (Å²) in [5.74, 6) is 0.0205. The number of H-pyrrole nitrogens is 1. The van der Waals surface area contributed by atoms with E-state index in [0.717, 1.165) is 43.6 Å². The molecule has 1 spiro atoms. The Balaban J connectivity index is 1.41. The van der Waals surface area contributed by atoms with Crippen LogP contribution in [0, 0.1) is 5.41 Å². The van der Waals surface area contributed by atoms with Gasteiger partial charge in [-0.2, -0.15) is 5.10 Å². The molecule has 0 radical (unpaired) electrons. The van der Waals surface area contributed by atoms with Crippen LogP contribution in [-0.2, 0) is 4.74 Å². The van der Waals surface area contributed by atoms with Crippen LogP contribution in [0.3, 0.4) is 0 Å². The largest absolute Gasteiger partial charge is 0.381 e. The first kappa shape index (κ1) is 13.5. The molecule has 2 aliphatic rings. The monoisotopic (exact) mass is 297 g/mol. The molecule has 22 heavy (non-hydrogen) atoms. The molecular weight excluding hydrogens is 278 g/mol. The fraction of sp³-hybridized carbons (Fsp3) is 0.412. The number of carbonyl (C=O) groups is 1. The molecule has 2 fully saturated rings. The molecule has 1 atom stereocenters.